The number of methoxy groups -OCH3 is 1. The molecule has 33 heavy (non-hydrogen) atoms. The second-order valence-electron chi connectivity index (χ2n) is 10.3. The number of hydrogen-bond donors (Lipinski definition) is 0. The molecule has 8 heteroatoms. The molecule has 1 amide bonds. The van der Waals surface area contributed by atoms with Gasteiger partial charge in [-0.15, -0.1) is 0 Å². The van der Waals surface area contributed by atoms with Crippen molar-refractivity contribution in [1.29, 1.82) is 0 Å². The van der Waals surface area contributed by atoms with Gasteiger partial charge in [0.05, 0.1) is 37.5 Å². The molecule has 0 N–H and O–H groups in total. The van der Waals surface area contributed by atoms with Gasteiger partial charge in [0.1, 0.15) is 6.10 Å². The highest BCUT2D eigenvalue weighted by molar-refractivity contribution is 5.95. The molecule has 4 rings (SSSR count). The number of carbonyl (C=O) groups excluding carboxylic acids is 4. The number of Topliss-reactive ketones (excluding diaryl/α,β-unsaturated/α-hetero) is 1. The molecule has 1 aliphatic heterocycles. The van der Waals surface area contributed by atoms with E-state index in [1.165, 1.54) is 20.3 Å². The fourth-order valence-corrected chi connectivity index (χ4v) is 7.12. The van der Waals surface area contributed by atoms with Crippen LogP contribution in [0.4, 0.5) is 0 Å². The lowest BCUT2D eigenvalue weighted by Gasteiger charge is -2.61. The number of carbonyl (C=O) groups is 4. The van der Waals surface area contributed by atoms with Gasteiger partial charge < -0.3 is 18.8 Å². The molecule has 1 saturated heterocycles. The van der Waals surface area contributed by atoms with Gasteiger partial charge in [-0.2, -0.15) is 0 Å². The summed E-state index contributed by atoms with van der Waals surface area (Å²) in [6.07, 6.45) is 4.32. The average Bonchev–Trinajstić information content (AvgIpc) is 3.29. The Morgan fingerprint density at radius 3 is 2.55 bits per heavy atom. The Kier molecular flexibility index (Phi) is 5.91. The van der Waals surface area contributed by atoms with Gasteiger partial charge in [-0.05, 0) is 49.5 Å². The van der Waals surface area contributed by atoms with Gasteiger partial charge in [0.15, 0.2) is 5.78 Å². The van der Waals surface area contributed by atoms with Crippen LogP contribution < -0.4 is 0 Å². The van der Waals surface area contributed by atoms with E-state index in [-0.39, 0.29) is 30.0 Å². The van der Waals surface area contributed by atoms with Gasteiger partial charge in [0, 0.05) is 24.9 Å². The van der Waals surface area contributed by atoms with Crippen LogP contribution in [0.2, 0.25) is 0 Å². The first-order valence-corrected chi connectivity index (χ1v) is 11.7. The molecule has 180 valence electrons. The Balaban J connectivity index is 1.83. The van der Waals surface area contributed by atoms with Crippen molar-refractivity contribution >= 4 is 23.6 Å². The van der Waals surface area contributed by atoms with E-state index < -0.39 is 40.7 Å². The van der Waals surface area contributed by atoms with Crippen LogP contribution in [0.25, 0.3) is 0 Å². The van der Waals surface area contributed by atoms with E-state index in [1.807, 2.05) is 20.8 Å². The molecule has 3 fully saturated rings. The Bertz CT molecular complexity index is 956. The number of ether oxygens (including phenoxy) is 2. The number of nitrogens with zero attached hydrogens (tertiary/aromatic N) is 1. The zero-order valence-electron chi connectivity index (χ0n) is 20.0. The molecule has 8 nitrogen and oxygen atoms in total. The number of cyclic esters (lactones) is 1. The molecule has 1 aromatic heterocycles. The van der Waals surface area contributed by atoms with Crippen LogP contribution in [0.1, 0.15) is 65.0 Å². The first-order valence-electron chi connectivity index (χ1n) is 11.7. The minimum Gasteiger partial charge on any atom is -0.472 e. The van der Waals surface area contributed by atoms with E-state index in [9.17, 15) is 19.2 Å². The van der Waals surface area contributed by atoms with Crippen LogP contribution in [0, 0.1) is 28.6 Å². The van der Waals surface area contributed by atoms with Crippen LogP contribution in [0.5, 0.6) is 0 Å². The molecule has 0 bridgehead atoms. The van der Waals surface area contributed by atoms with Crippen molar-refractivity contribution in [3.05, 3.63) is 24.2 Å². The Hall–Kier alpha value is -2.64. The van der Waals surface area contributed by atoms with E-state index in [4.69, 9.17) is 13.9 Å². The van der Waals surface area contributed by atoms with Gasteiger partial charge in [-0.3, -0.25) is 19.2 Å². The Labute approximate surface area is 194 Å². The van der Waals surface area contributed by atoms with Crippen molar-refractivity contribution in [2.75, 3.05) is 13.7 Å². The van der Waals surface area contributed by atoms with Crippen LogP contribution >= 0.6 is 0 Å². The molecule has 0 aromatic carbocycles. The third-order valence-corrected chi connectivity index (χ3v) is 8.64. The summed E-state index contributed by atoms with van der Waals surface area (Å²) in [6.45, 7) is 7.59. The van der Waals surface area contributed by atoms with Crippen LogP contribution in [-0.4, -0.2) is 48.2 Å². The van der Waals surface area contributed by atoms with Crippen LogP contribution in [-0.2, 0) is 28.7 Å². The number of amides is 1. The Morgan fingerprint density at radius 2 is 1.97 bits per heavy atom. The fraction of sp³-hybridized carbons (Fsp3) is 0.680. The second-order valence-corrected chi connectivity index (χ2v) is 10.3. The molecular weight excluding hydrogens is 426 g/mol. The summed E-state index contributed by atoms with van der Waals surface area (Å²) in [6, 6.07) is 1.04. The maximum atomic E-state index is 14.2. The number of fused-ring (bicyclic) bond motifs is 3. The van der Waals surface area contributed by atoms with Crippen molar-refractivity contribution in [3.63, 3.8) is 0 Å². The lowest BCUT2D eigenvalue weighted by molar-refractivity contribution is -0.206. The molecule has 0 spiro atoms. The van der Waals surface area contributed by atoms with Crippen molar-refractivity contribution in [1.82, 2.24) is 4.90 Å². The molecule has 0 unspecified atom stereocenters. The predicted molar refractivity (Wildman–Crippen MR) is 117 cm³/mol. The van der Waals surface area contributed by atoms with E-state index in [2.05, 4.69) is 0 Å². The smallest absolute Gasteiger partial charge is 0.310 e. The monoisotopic (exact) mass is 459 g/mol. The summed E-state index contributed by atoms with van der Waals surface area (Å²) < 4.78 is 16.2. The zero-order chi connectivity index (χ0) is 24.1. The highest BCUT2D eigenvalue weighted by Crippen LogP contribution is 2.65. The largest absolute Gasteiger partial charge is 0.472 e. The van der Waals surface area contributed by atoms with Crippen LogP contribution in [0.3, 0.4) is 0 Å². The van der Waals surface area contributed by atoms with E-state index in [0.29, 0.717) is 25.8 Å². The first kappa shape index (κ1) is 23.5. The highest BCUT2D eigenvalue weighted by Gasteiger charge is 2.67. The third-order valence-electron chi connectivity index (χ3n) is 8.64. The van der Waals surface area contributed by atoms with Gasteiger partial charge in [0.2, 0.25) is 5.91 Å². The minimum absolute atomic E-state index is 0.0671. The highest BCUT2D eigenvalue weighted by atomic mass is 16.5. The summed E-state index contributed by atoms with van der Waals surface area (Å²) in [5.74, 6) is -2.56. The van der Waals surface area contributed by atoms with Crippen molar-refractivity contribution < 1.29 is 33.1 Å². The number of furan rings is 1. The standard InChI is InChI=1S/C25H33NO7/c1-6-26(14(2)27)18-11-17(22(29)31-5)24(3)9-7-16-23(30)33-19(15-8-10-32-13-15)12-25(16,4)21(24)20(18)28/h8,10,13,16-19,21H,6-7,9,11-12H2,1-5H3/t16-,17-,18+,19-,21-,24-,25-/m0/s1. The molecular formula is C25H33NO7. The van der Waals surface area contributed by atoms with E-state index >= 15 is 0 Å². The second kappa shape index (κ2) is 8.29. The van der Waals surface area contributed by atoms with Gasteiger partial charge >= 0.3 is 11.9 Å². The Morgan fingerprint density at radius 1 is 1.24 bits per heavy atom. The van der Waals surface area contributed by atoms with Crippen LogP contribution in [0.15, 0.2) is 23.0 Å². The first-order chi connectivity index (χ1) is 15.6. The number of hydrogen-bond acceptors (Lipinski definition) is 7. The maximum Gasteiger partial charge on any atom is 0.310 e. The predicted octanol–water partition coefficient (Wildman–Crippen LogP) is 3.31. The minimum atomic E-state index is -0.734. The molecule has 2 heterocycles. The summed E-state index contributed by atoms with van der Waals surface area (Å²) in [7, 11) is 1.36. The summed E-state index contributed by atoms with van der Waals surface area (Å²) in [5.41, 5.74) is -0.665. The lowest BCUT2D eigenvalue weighted by atomic mass is 9.42. The topological polar surface area (TPSA) is 103 Å². The van der Waals surface area contributed by atoms with Crippen molar-refractivity contribution in [3.8, 4) is 0 Å². The summed E-state index contributed by atoms with van der Waals surface area (Å²) in [5, 5.41) is 0. The van der Waals surface area contributed by atoms with Gasteiger partial charge in [0.25, 0.3) is 0 Å². The summed E-state index contributed by atoms with van der Waals surface area (Å²) in [4.78, 5) is 54.3. The quantitative estimate of drug-likeness (QED) is 0.637. The van der Waals surface area contributed by atoms with Crippen molar-refractivity contribution in [2.24, 2.45) is 28.6 Å². The molecule has 2 aliphatic carbocycles. The molecule has 2 saturated carbocycles. The van der Waals surface area contributed by atoms with Crippen molar-refractivity contribution in [2.45, 2.75) is 65.5 Å². The maximum absolute atomic E-state index is 14.2. The number of esters is 2. The average molecular weight is 460 g/mol. The number of rotatable bonds is 4. The summed E-state index contributed by atoms with van der Waals surface area (Å²) >= 11 is 0. The van der Waals surface area contributed by atoms with Gasteiger partial charge in [-0.1, -0.05) is 13.8 Å². The zero-order valence-corrected chi connectivity index (χ0v) is 20.0. The SMILES string of the molecule is CCN(C(C)=O)[C@@H]1C[C@@H](C(=O)OC)[C@]2(C)CC[C@H]3C(=O)O[C@H](c4ccoc4)C[C@]3(C)[C@H]2C1=O. The number of likely N-dealkylation sites (N-methyl/N-ethyl adjacent to an activating group) is 1. The molecule has 1 aromatic rings. The normalized spacial score (nSPS) is 38.0. The van der Waals surface area contributed by atoms with E-state index in [1.54, 1.807) is 17.2 Å². The third kappa shape index (κ3) is 3.49. The molecule has 3 aliphatic rings. The fourth-order valence-electron chi connectivity index (χ4n) is 7.12. The van der Waals surface area contributed by atoms with E-state index in [0.717, 1.165) is 5.56 Å². The molecule has 7 atom stereocenters. The lowest BCUT2D eigenvalue weighted by Crippen LogP contribution is -2.66. The number of ketones is 1. The van der Waals surface area contributed by atoms with Gasteiger partial charge in [-0.25, -0.2) is 0 Å². The molecule has 0 radical (unpaired) electrons.